The number of sulfonamides is 1. The number of anilines is 1. The van der Waals surface area contributed by atoms with Crippen LogP contribution in [0.25, 0.3) is 0 Å². The van der Waals surface area contributed by atoms with E-state index >= 15 is 0 Å². The van der Waals surface area contributed by atoms with Crippen LogP contribution >= 0.6 is 12.2 Å². The lowest BCUT2D eigenvalue weighted by Crippen LogP contribution is -2.32. The molecule has 0 heterocycles. The maximum absolute atomic E-state index is 12.9. The predicted octanol–water partition coefficient (Wildman–Crippen LogP) is 2.05. The molecule has 0 radical (unpaired) electrons. The molecule has 2 N–H and O–H groups in total. The van der Waals surface area contributed by atoms with Crippen molar-refractivity contribution in [2.24, 2.45) is 0 Å². The third kappa shape index (κ3) is 6.10. The van der Waals surface area contributed by atoms with E-state index in [1.54, 1.807) is 39.2 Å². The van der Waals surface area contributed by atoms with Gasteiger partial charge in [-0.25, -0.2) is 8.42 Å². The van der Waals surface area contributed by atoms with Gasteiger partial charge in [0, 0.05) is 32.4 Å². The van der Waals surface area contributed by atoms with Gasteiger partial charge in [-0.3, -0.25) is 0 Å². The minimum Gasteiger partial charge on any atom is -0.492 e. The van der Waals surface area contributed by atoms with Gasteiger partial charge in [0.25, 0.3) is 0 Å². The van der Waals surface area contributed by atoms with Crippen LogP contribution in [0.3, 0.4) is 0 Å². The number of benzene rings is 1. The van der Waals surface area contributed by atoms with Gasteiger partial charge >= 0.3 is 0 Å². The zero-order chi connectivity index (χ0) is 18.9. The highest BCUT2D eigenvalue weighted by atomic mass is 32.2. The van der Waals surface area contributed by atoms with Crippen LogP contribution in [0.15, 0.2) is 23.1 Å². The van der Waals surface area contributed by atoms with Crippen molar-refractivity contribution in [2.75, 3.05) is 45.3 Å². The smallest absolute Gasteiger partial charge is 0.246 e. The third-order valence-corrected chi connectivity index (χ3v) is 5.73. The van der Waals surface area contributed by atoms with Crippen LogP contribution in [-0.4, -0.2) is 57.8 Å². The average molecular weight is 390 g/mol. The summed E-state index contributed by atoms with van der Waals surface area (Å²) in [6.07, 6.45) is 0. The van der Waals surface area contributed by atoms with E-state index in [2.05, 4.69) is 10.6 Å². The third-order valence-electron chi connectivity index (χ3n) is 3.42. The van der Waals surface area contributed by atoms with E-state index < -0.39 is 10.0 Å². The molecule has 0 aliphatic rings. The first-order valence-corrected chi connectivity index (χ1v) is 10.1. The predicted molar refractivity (Wildman–Crippen MR) is 104 cm³/mol. The fraction of sp³-hybridized carbons (Fsp3) is 0.562. The molecule has 0 aliphatic heterocycles. The quantitative estimate of drug-likeness (QED) is 0.468. The van der Waals surface area contributed by atoms with Gasteiger partial charge in [0.05, 0.1) is 13.2 Å². The largest absolute Gasteiger partial charge is 0.492 e. The highest BCUT2D eigenvalue weighted by Crippen LogP contribution is 2.30. The lowest BCUT2D eigenvalue weighted by molar-refractivity contribution is 0.204. The molecule has 9 heteroatoms. The zero-order valence-corrected chi connectivity index (χ0v) is 16.8. The molecule has 0 saturated heterocycles. The summed E-state index contributed by atoms with van der Waals surface area (Å²) >= 11 is 5.20. The summed E-state index contributed by atoms with van der Waals surface area (Å²) in [5.41, 5.74) is 0.573. The standard InChI is InChI=1S/C16H27N3O4S2/c1-5-19(6-2)25(20,21)15-12-13(8-9-14(15)23-7-3)18-16(24)17-10-11-22-4/h8-9,12H,5-7,10-11H2,1-4H3,(H2,17,18,24). The Morgan fingerprint density at radius 3 is 2.48 bits per heavy atom. The Labute approximate surface area is 155 Å². The molecule has 0 amide bonds. The monoisotopic (exact) mass is 389 g/mol. The van der Waals surface area contributed by atoms with E-state index in [9.17, 15) is 8.42 Å². The van der Waals surface area contributed by atoms with E-state index in [1.165, 1.54) is 4.31 Å². The number of nitrogens with one attached hydrogen (secondary N) is 2. The van der Waals surface area contributed by atoms with Gasteiger partial charge in [0.15, 0.2) is 5.11 Å². The first kappa shape index (κ1) is 21.6. The first-order chi connectivity index (χ1) is 11.9. The molecule has 1 rings (SSSR count). The molecule has 0 bridgehead atoms. The normalized spacial score (nSPS) is 11.4. The van der Waals surface area contributed by atoms with Crippen LogP contribution in [-0.2, 0) is 14.8 Å². The summed E-state index contributed by atoms with van der Waals surface area (Å²) in [7, 11) is -2.04. The summed E-state index contributed by atoms with van der Waals surface area (Å²) in [6, 6.07) is 4.92. The van der Waals surface area contributed by atoms with Crippen LogP contribution < -0.4 is 15.4 Å². The highest BCUT2D eigenvalue weighted by Gasteiger charge is 2.26. The van der Waals surface area contributed by atoms with Crippen LogP contribution in [0, 0.1) is 0 Å². The van der Waals surface area contributed by atoms with Crippen molar-refractivity contribution in [3.63, 3.8) is 0 Å². The number of ether oxygens (including phenoxy) is 2. The molecule has 0 unspecified atom stereocenters. The second-order valence-electron chi connectivity index (χ2n) is 5.06. The average Bonchev–Trinajstić information content (AvgIpc) is 2.57. The molecule has 142 valence electrons. The Hall–Kier alpha value is -1.42. The second kappa shape index (κ2) is 10.5. The minimum atomic E-state index is -3.65. The number of rotatable bonds is 10. The fourth-order valence-electron chi connectivity index (χ4n) is 2.21. The van der Waals surface area contributed by atoms with Crippen LogP contribution in [0.2, 0.25) is 0 Å². The van der Waals surface area contributed by atoms with Gasteiger partial charge in [-0.05, 0) is 37.3 Å². The molecule has 1 aromatic rings. The summed E-state index contributed by atoms with van der Waals surface area (Å²) in [5.74, 6) is 0.332. The molecule has 0 fully saturated rings. The van der Waals surface area contributed by atoms with Gasteiger partial charge in [-0.1, -0.05) is 13.8 Å². The van der Waals surface area contributed by atoms with Gasteiger partial charge in [0.1, 0.15) is 10.6 Å². The summed E-state index contributed by atoms with van der Waals surface area (Å²) in [4.78, 5) is 0.128. The van der Waals surface area contributed by atoms with Crippen LogP contribution in [0.1, 0.15) is 20.8 Å². The molecule has 1 aromatic carbocycles. The summed E-state index contributed by atoms with van der Waals surface area (Å²) in [5, 5.41) is 6.36. The lowest BCUT2D eigenvalue weighted by Gasteiger charge is -2.21. The molecule has 7 nitrogen and oxygen atoms in total. The minimum absolute atomic E-state index is 0.128. The Bertz CT molecular complexity index is 661. The Kier molecular flexibility index (Phi) is 9.12. The fourth-order valence-corrected chi connectivity index (χ4v) is 4.04. The van der Waals surface area contributed by atoms with Crippen molar-refractivity contribution in [2.45, 2.75) is 25.7 Å². The molecule has 25 heavy (non-hydrogen) atoms. The Morgan fingerprint density at radius 2 is 1.92 bits per heavy atom. The number of thiocarbonyl (C=S) groups is 1. The molecule has 0 spiro atoms. The molecular weight excluding hydrogens is 362 g/mol. The molecule has 0 aliphatic carbocycles. The number of hydrogen-bond acceptors (Lipinski definition) is 5. The van der Waals surface area contributed by atoms with Crippen LogP contribution in [0.4, 0.5) is 5.69 Å². The summed E-state index contributed by atoms with van der Waals surface area (Å²) < 4.78 is 37.6. The molecule has 0 atom stereocenters. The van der Waals surface area contributed by atoms with E-state index in [0.717, 1.165) is 0 Å². The molecule has 0 saturated carbocycles. The molecular formula is C16H27N3O4S2. The van der Waals surface area contributed by atoms with E-state index in [-0.39, 0.29) is 4.90 Å². The van der Waals surface area contributed by atoms with Crippen molar-refractivity contribution < 1.29 is 17.9 Å². The topological polar surface area (TPSA) is 79.9 Å². The second-order valence-corrected chi connectivity index (χ2v) is 7.37. The van der Waals surface area contributed by atoms with E-state index in [4.69, 9.17) is 21.7 Å². The maximum Gasteiger partial charge on any atom is 0.246 e. The van der Waals surface area contributed by atoms with Crippen molar-refractivity contribution in [3.05, 3.63) is 18.2 Å². The van der Waals surface area contributed by atoms with E-state index in [0.29, 0.717) is 49.4 Å². The molecule has 0 aromatic heterocycles. The van der Waals surface area contributed by atoms with Crippen molar-refractivity contribution >= 4 is 33.0 Å². The van der Waals surface area contributed by atoms with E-state index in [1.807, 2.05) is 6.92 Å². The van der Waals surface area contributed by atoms with Crippen LogP contribution in [0.5, 0.6) is 5.75 Å². The first-order valence-electron chi connectivity index (χ1n) is 8.21. The summed E-state index contributed by atoms with van der Waals surface area (Å²) in [6.45, 7) is 7.66. The number of hydrogen-bond donors (Lipinski definition) is 2. The van der Waals surface area contributed by atoms with Gasteiger partial charge in [-0.2, -0.15) is 4.31 Å². The SMILES string of the molecule is CCOc1ccc(NC(=S)NCCOC)cc1S(=O)(=O)N(CC)CC. The highest BCUT2D eigenvalue weighted by molar-refractivity contribution is 7.89. The lowest BCUT2D eigenvalue weighted by atomic mass is 10.3. The van der Waals surface area contributed by atoms with Crippen molar-refractivity contribution in [1.29, 1.82) is 0 Å². The number of nitrogens with zero attached hydrogens (tertiary/aromatic N) is 1. The van der Waals surface area contributed by atoms with Crippen molar-refractivity contribution in [3.8, 4) is 5.75 Å². The van der Waals surface area contributed by atoms with Gasteiger partial charge in [-0.15, -0.1) is 0 Å². The van der Waals surface area contributed by atoms with Crippen molar-refractivity contribution in [1.82, 2.24) is 9.62 Å². The maximum atomic E-state index is 12.9. The van der Waals surface area contributed by atoms with Gasteiger partial charge in [0.2, 0.25) is 10.0 Å². The zero-order valence-electron chi connectivity index (χ0n) is 15.2. The Morgan fingerprint density at radius 1 is 1.24 bits per heavy atom. The van der Waals surface area contributed by atoms with Gasteiger partial charge < -0.3 is 20.1 Å². The number of methoxy groups -OCH3 is 1. The Balaban J connectivity index is 3.11.